The monoisotopic (exact) mass is 522 g/mol. The van der Waals surface area contributed by atoms with Gasteiger partial charge in [0.05, 0.1) is 40.4 Å². The normalized spacial score (nSPS) is 17.2. The molecule has 1 aliphatic heterocycles. The van der Waals surface area contributed by atoms with Crippen LogP contribution in [0.4, 0.5) is 0 Å². The first-order valence-corrected chi connectivity index (χ1v) is 12.2. The van der Waals surface area contributed by atoms with Gasteiger partial charge < -0.3 is 19.3 Å². The highest BCUT2D eigenvalue weighted by atomic mass is 16.5. The molecule has 0 aromatic heterocycles. The third-order valence-electron chi connectivity index (χ3n) is 6.04. The molecule has 1 N–H and O–H groups in total. The summed E-state index contributed by atoms with van der Waals surface area (Å²) in [6.07, 6.45) is 0. The van der Waals surface area contributed by atoms with Crippen molar-refractivity contribution in [2.45, 2.75) is 6.61 Å². The predicted molar refractivity (Wildman–Crippen MR) is 134 cm³/mol. The quantitative estimate of drug-likeness (QED) is 0.311. The number of aliphatic carboxylic acids is 1. The lowest BCUT2D eigenvalue weighted by Gasteiger charge is -2.33. The standard InChI is InChI=1S/C25H38N4O8/c1-35-23(32)17-27-10-8-26(16-22(30)31)9-11-29(15-14-28(13-12-27)18-24(33)36-2)19-25(34)37-20-21-6-4-3-5-7-21/h3-7H,8-20H2,1-2H3,(H,30,31). The Kier molecular flexibility index (Phi) is 13.6. The molecule has 1 saturated heterocycles. The van der Waals surface area contributed by atoms with Crippen LogP contribution < -0.4 is 0 Å². The van der Waals surface area contributed by atoms with Gasteiger partial charge in [-0.1, -0.05) is 30.3 Å². The Morgan fingerprint density at radius 2 is 1.03 bits per heavy atom. The molecule has 12 heteroatoms. The third kappa shape index (κ3) is 12.6. The van der Waals surface area contributed by atoms with E-state index in [1.807, 2.05) is 45.0 Å². The number of carboxylic acids is 1. The number of hydrogen-bond donors (Lipinski definition) is 1. The highest BCUT2D eigenvalue weighted by Gasteiger charge is 2.22. The van der Waals surface area contributed by atoms with Gasteiger partial charge in [-0.25, -0.2) is 0 Å². The first kappa shape index (κ1) is 30.2. The van der Waals surface area contributed by atoms with Gasteiger partial charge in [-0.2, -0.15) is 0 Å². The largest absolute Gasteiger partial charge is 0.480 e. The molecule has 0 saturated carbocycles. The van der Waals surface area contributed by atoms with Gasteiger partial charge in [-0.3, -0.25) is 38.8 Å². The lowest BCUT2D eigenvalue weighted by molar-refractivity contribution is -0.147. The number of nitrogens with zero attached hydrogens (tertiary/aromatic N) is 4. The summed E-state index contributed by atoms with van der Waals surface area (Å²) in [5.41, 5.74) is 0.887. The Labute approximate surface area is 217 Å². The van der Waals surface area contributed by atoms with E-state index in [4.69, 9.17) is 14.2 Å². The molecule has 0 spiro atoms. The molecule has 1 aliphatic rings. The zero-order chi connectivity index (χ0) is 27.0. The van der Waals surface area contributed by atoms with E-state index in [-0.39, 0.29) is 44.7 Å². The second-order valence-corrected chi connectivity index (χ2v) is 8.80. The Balaban J connectivity index is 2.09. The lowest BCUT2D eigenvalue weighted by atomic mass is 10.2. The van der Waals surface area contributed by atoms with Crippen molar-refractivity contribution in [2.75, 3.05) is 92.8 Å². The number of ether oxygens (including phenoxy) is 3. The van der Waals surface area contributed by atoms with Crippen LogP contribution in [0.2, 0.25) is 0 Å². The van der Waals surface area contributed by atoms with E-state index in [9.17, 15) is 24.3 Å². The van der Waals surface area contributed by atoms with Crippen LogP contribution in [0.5, 0.6) is 0 Å². The highest BCUT2D eigenvalue weighted by Crippen LogP contribution is 2.04. The third-order valence-corrected chi connectivity index (χ3v) is 6.04. The molecular weight excluding hydrogens is 484 g/mol. The van der Waals surface area contributed by atoms with E-state index in [1.54, 1.807) is 4.90 Å². The first-order chi connectivity index (χ1) is 17.8. The summed E-state index contributed by atoms with van der Waals surface area (Å²) in [4.78, 5) is 55.4. The number of benzene rings is 1. The van der Waals surface area contributed by atoms with Crippen molar-refractivity contribution in [3.05, 3.63) is 35.9 Å². The SMILES string of the molecule is COC(=O)CN1CCN(CC(=O)O)CCN(CC(=O)OCc2ccccc2)CCN(CC(=O)OC)CC1. The Morgan fingerprint density at radius 3 is 1.41 bits per heavy atom. The molecule has 1 aromatic carbocycles. The summed E-state index contributed by atoms with van der Waals surface area (Å²) < 4.78 is 15.1. The fourth-order valence-electron chi connectivity index (χ4n) is 3.86. The average molecular weight is 523 g/mol. The van der Waals surface area contributed by atoms with Crippen LogP contribution in [0.3, 0.4) is 0 Å². The van der Waals surface area contributed by atoms with Crippen molar-refractivity contribution >= 4 is 23.9 Å². The van der Waals surface area contributed by atoms with Crippen LogP contribution >= 0.6 is 0 Å². The molecule has 0 amide bonds. The Morgan fingerprint density at radius 1 is 0.649 bits per heavy atom. The van der Waals surface area contributed by atoms with Crippen molar-refractivity contribution in [3.8, 4) is 0 Å². The minimum atomic E-state index is -0.954. The molecule has 0 radical (unpaired) electrons. The van der Waals surface area contributed by atoms with E-state index in [0.29, 0.717) is 52.4 Å². The van der Waals surface area contributed by atoms with Crippen molar-refractivity contribution < 1.29 is 38.5 Å². The topological polar surface area (TPSA) is 129 Å². The van der Waals surface area contributed by atoms with Crippen LogP contribution in [-0.2, 0) is 40.0 Å². The van der Waals surface area contributed by atoms with Gasteiger partial charge in [0.15, 0.2) is 0 Å². The number of carbonyl (C=O) groups is 4. The lowest BCUT2D eigenvalue weighted by Crippen LogP contribution is -2.49. The maximum absolute atomic E-state index is 12.6. The van der Waals surface area contributed by atoms with Crippen LogP contribution in [0.25, 0.3) is 0 Å². The summed E-state index contributed by atoms with van der Waals surface area (Å²) in [7, 11) is 2.65. The molecule has 0 aliphatic carbocycles. The van der Waals surface area contributed by atoms with Gasteiger partial charge in [0, 0.05) is 52.4 Å². The predicted octanol–water partition coefficient (Wildman–Crippen LogP) is -0.618. The van der Waals surface area contributed by atoms with Gasteiger partial charge in [0.25, 0.3) is 0 Å². The number of rotatable bonds is 10. The van der Waals surface area contributed by atoms with E-state index >= 15 is 0 Å². The summed E-state index contributed by atoms with van der Waals surface area (Å²) in [5, 5.41) is 9.37. The van der Waals surface area contributed by atoms with E-state index in [2.05, 4.69) is 0 Å². The van der Waals surface area contributed by atoms with Crippen LogP contribution in [-0.4, -0.2) is 141 Å². The van der Waals surface area contributed by atoms with Crippen LogP contribution in [0.1, 0.15) is 5.56 Å². The van der Waals surface area contributed by atoms with E-state index in [1.165, 1.54) is 14.2 Å². The molecule has 37 heavy (non-hydrogen) atoms. The maximum Gasteiger partial charge on any atom is 0.320 e. The molecular formula is C25H38N4O8. The number of methoxy groups -OCH3 is 2. The molecule has 1 heterocycles. The minimum absolute atomic E-state index is 0.0360. The van der Waals surface area contributed by atoms with Gasteiger partial charge in [0.1, 0.15) is 6.61 Å². The maximum atomic E-state index is 12.6. The van der Waals surface area contributed by atoms with Gasteiger partial charge in [-0.15, -0.1) is 0 Å². The summed E-state index contributed by atoms with van der Waals surface area (Å²) in [5.74, 6) is -2.11. The second kappa shape index (κ2) is 16.6. The van der Waals surface area contributed by atoms with Crippen LogP contribution in [0.15, 0.2) is 30.3 Å². The number of esters is 3. The first-order valence-electron chi connectivity index (χ1n) is 12.2. The zero-order valence-corrected chi connectivity index (χ0v) is 21.7. The molecule has 1 aromatic rings. The van der Waals surface area contributed by atoms with E-state index < -0.39 is 11.9 Å². The Bertz CT molecular complexity index is 870. The van der Waals surface area contributed by atoms with Crippen molar-refractivity contribution in [1.82, 2.24) is 19.6 Å². The number of carboxylic acid groups (broad SMARTS) is 1. The Hall–Kier alpha value is -3.06. The molecule has 2 rings (SSSR count). The van der Waals surface area contributed by atoms with Gasteiger partial charge in [-0.05, 0) is 5.56 Å². The van der Waals surface area contributed by atoms with Gasteiger partial charge in [0.2, 0.25) is 0 Å². The minimum Gasteiger partial charge on any atom is -0.480 e. The zero-order valence-electron chi connectivity index (χ0n) is 21.7. The molecule has 1 fully saturated rings. The van der Waals surface area contributed by atoms with E-state index in [0.717, 1.165) is 5.56 Å². The summed E-state index contributed by atoms with van der Waals surface area (Å²) >= 11 is 0. The number of hydrogen-bond acceptors (Lipinski definition) is 11. The van der Waals surface area contributed by atoms with Crippen LogP contribution in [0, 0.1) is 0 Å². The fourth-order valence-corrected chi connectivity index (χ4v) is 3.86. The highest BCUT2D eigenvalue weighted by molar-refractivity contribution is 5.72. The summed E-state index contributed by atoms with van der Waals surface area (Å²) in [6.45, 7) is 3.70. The van der Waals surface area contributed by atoms with Crippen molar-refractivity contribution in [1.29, 1.82) is 0 Å². The molecule has 0 bridgehead atoms. The molecule has 0 atom stereocenters. The van der Waals surface area contributed by atoms with Gasteiger partial charge >= 0.3 is 23.9 Å². The average Bonchev–Trinajstić information content (AvgIpc) is 2.88. The molecule has 206 valence electrons. The second-order valence-electron chi connectivity index (χ2n) is 8.80. The number of carbonyl (C=O) groups excluding carboxylic acids is 3. The fraction of sp³-hybridized carbons (Fsp3) is 0.600. The smallest absolute Gasteiger partial charge is 0.320 e. The van der Waals surface area contributed by atoms with Crippen molar-refractivity contribution in [2.24, 2.45) is 0 Å². The summed E-state index contributed by atoms with van der Waals surface area (Å²) in [6, 6.07) is 9.39. The molecule has 0 unspecified atom stereocenters. The van der Waals surface area contributed by atoms with Crippen molar-refractivity contribution in [3.63, 3.8) is 0 Å². The molecule has 12 nitrogen and oxygen atoms in total.